The van der Waals surface area contributed by atoms with E-state index >= 15 is 0 Å². The summed E-state index contributed by atoms with van der Waals surface area (Å²) < 4.78 is 39.0. The Kier molecular flexibility index (Phi) is 5.08. The molecule has 1 fully saturated rings. The van der Waals surface area contributed by atoms with E-state index in [0.717, 1.165) is 6.07 Å². The van der Waals surface area contributed by atoms with Crippen molar-refractivity contribution in [2.24, 2.45) is 5.73 Å². The second-order valence-corrected chi connectivity index (χ2v) is 5.57. The summed E-state index contributed by atoms with van der Waals surface area (Å²) in [4.78, 5) is 16.1. The van der Waals surface area contributed by atoms with E-state index in [1.807, 2.05) is 7.05 Å². The molecule has 1 amide bonds. The monoisotopic (exact) mass is 315 g/mol. The minimum atomic E-state index is -4.45. The second kappa shape index (κ2) is 6.66. The molecule has 1 aliphatic heterocycles. The number of rotatable bonds is 3. The molecule has 2 N–H and O–H groups in total. The van der Waals surface area contributed by atoms with Gasteiger partial charge in [-0.05, 0) is 18.7 Å². The molecule has 1 saturated heterocycles. The topological polar surface area (TPSA) is 49.6 Å². The minimum absolute atomic E-state index is 0.00898. The molecule has 0 aliphatic carbocycles. The Hall–Kier alpha value is -1.60. The van der Waals surface area contributed by atoms with Crippen molar-refractivity contribution in [2.45, 2.75) is 18.6 Å². The zero-order valence-corrected chi connectivity index (χ0v) is 12.4. The van der Waals surface area contributed by atoms with E-state index in [1.54, 1.807) is 4.90 Å². The van der Waals surface area contributed by atoms with Gasteiger partial charge < -0.3 is 15.5 Å². The molecule has 1 aliphatic rings. The van der Waals surface area contributed by atoms with Crippen LogP contribution in [0.3, 0.4) is 0 Å². The van der Waals surface area contributed by atoms with Gasteiger partial charge in [-0.3, -0.25) is 4.79 Å². The maximum absolute atomic E-state index is 13.0. The van der Waals surface area contributed by atoms with Gasteiger partial charge in [0.2, 0.25) is 5.91 Å². The lowest BCUT2D eigenvalue weighted by atomic mass is 10.0. The first kappa shape index (κ1) is 16.8. The Bertz CT molecular complexity index is 533. The zero-order valence-electron chi connectivity index (χ0n) is 12.4. The van der Waals surface area contributed by atoms with Crippen LogP contribution in [0.2, 0.25) is 0 Å². The largest absolute Gasteiger partial charge is 0.416 e. The fourth-order valence-electron chi connectivity index (χ4n) is 2.76. The molecule has 0 unspecified atom stereocenters. The third-order valence-corrected chi connectivity index (χ3v) is 3.94. The Balaban J connectivity index is 2.15. The summed E-state index contributed by atoms with van der Waals surface area (Å²) in [5.41, 5.74) is 4.95. The van der Waals surface area contributed by atoms with Gasteiger partial charge in [0.1, 0.15) is 0 Å². The van der Waals surface area contributed by atoms with Crippen LogP contribution in [0.15, 0.2) is 24.3 Å². The molecule has 1 aromatic rings. The molecule has 7 heteroatoms. The van der Waals surface area contributed by atoms with Gasteiger partial charge in [0.15, 0.2) is 0 Å². The van der Waals surface area contributed by atoms with Crippen molar-refractivity contribution >= 4 is 5.91 Å². The van der Waals surface area contributed by atoms with Gasteiger partial charge in [-0.25, -0.2) is 0 Å². The molecule has 0 aromatic heterocycles. The van der Waals surface area contributed by atoms with E-state index in [2.05, 4.69) is 4.90 Å². The van der Waals surface area contributed by atoms with Crippen LogP contribution < -0.4 is 5.73 Å². The third kappa shape index (κ3) is 3.78. The van der Waals surface area contributed by atoms with Gasteiger partial charge in [0.25, 0.3) is 0 Å². The summed E-state index contributed by atoms with van der Waals surface area (Å²) in [6, 6.07) is 5.06. The highest BCUT2D eigenvalue weighted by Gasteiger charge is 2.34. The van der Waals surface area contributed by atoms with Gasteiger partial charge in [0, 0.05) is 26.2 Å². The molecule has 0 saturated carbocycles. The van der Waals surface area contributed by atoms with Crippen molar-refractivity contribution < 1.29 is 18.0 Å². The number of hydrogen-bond acceptors (Lipinski definition) is 3. The number of likely N-dealkylation sites (N-methyl/N-ethyl adjacent to an activating group) is 1. The number of nitrogens with two attached hydrogens (primary N) is 1. The number of benzene rings is 1. The summed E-state index contributed by atoms with van der Waals surface area (Å²) in [6.07, 6.45) is -4.71. The molecule has 0 bridgehead atoms. The van der Waals surface area contributed by atoms with Gasteiger partial charge in [-0.2, -0.15) is 13.2 Å². The van der Waals surface area contributed by atoms with Crippen LogP contribution in [0.1, 0.15) is 11.1 Å². The van der Waals surface area contributed by atoms with E-state index in [4.69, 9.17) is 5.73 Å². The summed E-state index contributed by atoms with van der Waals surface area (Å²) in [5, 5.41) is 0. The van der Waals surface area contributed by atoms with Crippen molar-refractivity contribution in [1.82, 2.24) is 9.80 Å². The maximum atomic E-state index is 13.0. The molecule has 122 valence electrons. The highest BCUT2D eigenvalue weighted by atomic mass is 19.4. The average Bonchev–Trinajstić information content (AvgIpc) is 2.46. The number of alkyl halides is 3. The number of carbonyl (C=O) groups is 1. The van der Waals surface area contributed by atoms with E-state index in [9.17, 15) is 18.0 Å². The fraction of sp³-hybridized carbons (Fsp3) is 0.533. The molecular formula is C15H20F3N3O. The quantitative estimate of drug-likeness (QED) is 0.916. The highest BCUT2D eigenvalue weighted by molar-refractivity contribution is 5.79. The molecule has 1 atom stereocenters. The van der Waals surface area contributed by atoms with Crippen LogP contribution in [0, 0.1) is 0 Å². The lowest BCUT2D eigenvalue weighted by Gasteiger charge is -2.39. The zero-order chi connectivity index (χ0) is 16.3. The highest BCUT2D eigenvalue weighted by Crippen LogP contribution is 2.32. The number of nitrogens with zero attached hydrogens (tertiary/aromatic N) is 2. The molecular weight excluding hydrogens is 295 g/mol. The second-order valence-electron chi connectivity index (χ2n) is 5.57. The van der Waals surface area contributed by atoms with Crippen LogP contribution >= 0.6 is 0 Å². The molecule has 2 rings (SSSR count). The Morgan fingerprint density at radius 3 is 2.64 bits per heavy atom. The third-order valence-electron chi connectivity index (χ3n) is 3.94. The minimum Gasteiger partial charge on any atom is -0.336 e. The van der Waals surface area contributed by atoms with Crippen LogP contribution in [0.25, 0.3) is 0 Å². The van der Waals surface area contributed by atoms with E-state index < -0.39 is 11.7 Å². The smallest absolute Gasteiger partial charge is 0.336 e. The van der Waals surface area contributed by atoms with E-state index in [1.165, 1.54) is 18.2 Å². The maximum Gasteiger partial charge on any atom is 0.416 e. The first-order valence-corrected chi connectivity index (χ1v) is 7.16. The predicted octanol–water partition coefficient (Wildman–Crippen LogP) is 1.35. The number of carbonyl (C=O) groups excluding carboxylic acids is 1. The van der Waals surface area contributed by atoms with Gasteiger partial charge >= 0.3 is 6.18 Å². The van der Waals surface area contributed by atoms with Crippen LogP contribution in [0.4, 0.5) is 13.2 Å². The van der Waals surface area contributed by atoms with Gasteiger partial charge in [-0.1, -0.05) is 18.2 Å². The summed E-state index contributed by atoms with van der Waals surface area (Å²) >= 11 is 0. The standard InChI is InChI=1S/C15H20F3N3O/c1-20-6-7-21(12(9-19)10-20)14(22)8-11-4-2-3-5-13(11)15(16,17)18/h2-5,12H,6-10,19H2,1H3/t12-/m1/s1. The van der Waals surface area contributed by atoms with Crippen LogP contribution in [-0.2, 0) is 17.4 Å². The lowest BCUT2D eigenvalue weighted by molar-refractivity contribution is -0.139. The molecule has 1 heterocycles. The summed E-state index contributed by atoms with van der Waals surface area (Å²) in [7, 11) is 1.93. The summed E-state index contributed by atoms with van der Waals surface area (Å²) in [6.45, 7) is 2.13. The SMILES string of the molecule is CN1CCN(C(=O)Cc2ccccc2C(F)(F)F)[C@H](CN)C1. The molecule has 1 aromatic carbocycles. The Labute approximate surface area is 127 Å². The number of piperazine rings is 1. The van der Waals surface area contributed by atoms with Crippen molar-refractivity contribution in [3.8, 4) is 0 Å². The first-order valence-electron chi connectivity index (χ1n) is 7.16. The number of amides is 1. The Morgan fingerprint density at radius 2 is 2.00 bits per heavy atom. The van der Waals surface area contributed by atoms with Crippen molar-refractivity contribution in [2.75, 3.05) is 33.2 Å². The van der Waals surface area contributed by atoms with Crippen molar-refractivity contribution in [3.63, 3.8) is 0 Å². The predicted molar refractivity (Wildman–Crippen MR) is 77.2 cm³/mol. The number of hydrogen-bond donors (Lipinski definition) is 1. The van der Waals surface area contributed by atoms with E-state index in [-0.39, 0.29) is 23.9 Å². The fourth-order valence-corrected chi connectivity index (χ4v) is 2.76. The van der Waals surface area contributed by atoms with Gasteiger partial charge in [0.05, 0.1) is 18.0 Å². The average molecular weight is 315 g/mol. The number of halogens is 3. The van der Waals surface area contributed by atoms with Crippen molar-refractivity contribution in [1.29, 1.82) is 0 Å². The molecule has 4 nitrogen and oxygen atoms in total. The molecule has 0 spiro atoms. The summed E-state index contributed by atoms with van der Waals surface area (Å²) in [5.74, 6) is -0.305. The Morgan fingerprint density at radius 1 is 1.32 bits per heavy atom. The molecule has 0 radical (unpaired) electrons. The van der Waals surface area contributed by atoms with Crippen LogP contribution in [0.5, 0.6) is 0 Å². The van der Waals surface area contributed by atoms with E-state index in [0.29, 0.717) is 26.2 Å². The van der Waals surface area contributed by atoms with Crippen molar-refractivity contribution in [3.05, 3.63) is 35.4 Å². The lowest BCUT2D eigenvalue weighted by Crippen LogP contribution is -2.57. The molecule has 22 heavy (non-hydrogen) atoms. The first-order chi connectivity index (χ1) is 10.3. The van der Waals surface area contributed by atoms with Crippen LogP contribution in [-0.4, -0.2) is 55.0 Å². The normalized spacial score (nSPS) is 20.2. The van der Waals surface area contributed by atoms with Gasteiger partial charge in [-0.15, -0.1) is 0 Å².